The van der Waals surface area contributed by atoms with E-state index in [1.807, 2.05) is 25.1 Å². The number of ether oxygens (including phenoxy) is 1. The fraction of sp³-hybridized carbons (Fsp3) is 0.308. The summed E-state index contributed by atoms with van der Waals surface area (Å²) in [4.78, 5) is 45.1. The fourth-order valence-corrected chi connectivity index (χ4v) is 3.74. The Balaban J connectivity index is 1.99. The van der Waals surface area contributed by atoms with Gasteiger partial charge in [0.1, 0.15) is 5.75 Å². The molecule has 0 bridgehead atoms. The summed E-state index contributed by atoms with van der Waals surface area (Å²) in [7, 11) is 0. The maximum atomic E-state index is 12.8. The van der Waals surface area contributed by atoms with Crippen molar-refractivity contribution < 1.29 is 19.1 Å². The molecule has 0 fully saturated rings. The molecule has 188 valence electrons. The van der Waals surface area contributed by atoms with E-state index in [1.54, 1.807) is 28.9 Å². The number of carbonyl (C=O) groups is 3. The first kappa shape index (κ1) is 26.3. The molecular formula is C26H29N5O5. The Bertz CT molecular complexity index is 1220. The second-order valence-corrected chi connectivity index (χ2v) is 8.17. The van der Waals surface area contributed by atoms with Gasteiger partial charge in [0.15, 0.2) is 12.4 Å². The van der Waals surface area contributed by atoms with Crippen molar-refractivity contribution in [2.24, 2.45) is 11.1 Å². The van der Waals surface area contributed by atoms with Crippen molar-refractivity contribution in [3.05, 3.63) is 65.1 Å². The van der Waals surface area contributed by atoms with Crippen molar-refractivity contribution in [1.82, 2.24) is 15.1 Å². The van der Waals surface area contributed by atoms with Gasteiger partial charge >= 0.3 is 5.91 Å². The number of hydrogen-bond acceptors (Lipinski definition) is 6. The van der Waals surface area contributed by atoms with Crippen LogP contribution < -0.4 is 15.4 Å². The minimum atomic E-state index is -0.910. The molecule has 2 N–H and O–H groups in total. The molecule has 0 aliphatic heterocycles. The number of rotatable bonds is 13. The quantitative estimate of drug-likeness (QED) is 0.276. The van der Waals surface area contributed by atoms with Gasteiger partial charge in [-0.3, -0.25) is 14.4 Å². The molecule has 2 aromatic carbocycles. The highest BCUT2D eigenvalue weighted by molar-refractivity contribution is 5.92. The van der Waals surface area contributed by atoms with E-state index in [4.69, 9.17) is 4.74 Å². The van der Waals surface area contributed by atoms with E-state index in [2.05, 4.69) is 40.0 Å². The van der Waals surface area contributed by atoms with E-state index in [0.29, 0.717) is 30.1 Å². The number of anilines is 1. The Morgan fingerprint density at radius 3 is 2.67 bits per heavy atom. The Morgan fingerprint density at radius 1 is 1.14 bits per heavy atom. The van der Waals surface area contributed by atoms with Crippen molar-refractivity contribution in [3.8, 4) is 22.7 Å². The Labute approximate surface area is 209 Å². The summed E-state index contributed by atoms with van der Waals surface area (Å²) in [5.41, 5.74) is 3.46. The molecule has 0 spiro atoms. The van der Waals surface area contributed by atoms with Crippen LogP contribution in [0, 0.1) is 10.8 Å². The van der Waals surface area contributed by atoms with Gasteiger partial charge < -0.3 is 15.4 Å². The minimum Gasteiger partial charge on any atom is -0.483 e. The molecule has 36 heavy (non-hydrogen) atoms. The van der Waals surface area contributed by atoms with Crippen molar-refractivity contribution in [2.75, 3.05) is 18.5 Å². The zero-order valence-corrected chi connectivity index (χ0v) is 20.3. The van der Waals surface area contributed by atoms with Crippen LogP contribution in [0.5, 0.6) is 5.75 Å². The maximum Gasteiger partial charge on any atom is 0.323 e. The number of nitroso groups, excluding NO2 is 1. The molecule has 3 amide bonds. The van der Waals surface area contributed by atoms with Gasteiger partial charge in [0, 0.05) is 29.4 Å². The van der Waals surface area contributed by atoms with Gasteiger partial charge in [-0.1, -0.05) is 44.5 Å². The topological polar surface area (TPSA) is 132 Å². The number of nitrogens with one attached hydrogen (secondary N) is 2. The average Bonchev–Trinajstić information content (AvgIpc) is 3.32. The number of amides is 3. The molecule has 1 aromatic heterocycles. The Kier molecular flexibility index (Phi) is 9.44. The van der Waals surface area contributed by atoms with Crippen LogP contribution in [0.2, 0.25) is 0 Å². The lowest BCUT2D eigenvalue weighted by molar-refractivity contribution is -0.120. The van der Waals surface area contributed by atoms with Gasteiger partial charge in [0.2, 0.25) is 12.3 Å². The van der Waals surface area contributed by atoms with Gasteiger partial charge in [-0.05, 0) is 36.6 Å². The highest BCUT2D eigenvalue weighted by Crippen LogP contribution is 2.29. The van der Waals surface area contributed by atoms with Gasteiger partial charge in [-0.15, -0.1) is 10.0 Å². The summed E-state index contributed by atoms with van der Waals surface area (Å²) < 4.78 is 7.06. The average molecular weight is 492 g/mol. The van der Waals surface area contributed by atoms with Crippen LogP contribution >= 0.6 is 0 Å². The number of aromatic nitrogens is 2. The third kappa shape index (κ3) is 6.84. The smallest absolute Gasteiger partial charge is 0.323 e. The summed E-state index contributed by atoms with van der Waals surface area (Å²) in [6.07, 6.45) is 3.05. The molecule has 1 atom stereocenters. The van der Waals surface area contributed by atoms with Crippen LogP contribution in [0.4, 0.5) is 5.82 Å². The lowest BCUT2D eigenvalue weighted by Gasteiger charge is -2.13. The van der Waals surface area contributed by atoms with Gasteiger partial charge in [-0.2, -0.15) is 0 Å². The van der Waals surface area contributed by atoms with Crippen LogP contribution in [-0.4, -0.2) is 41.2 Å². The van der Waals surface area contributed by atoms with Crippen molar-refractivity contribution in [2.45, 2.75) is 33.1 Å². The molecule has 0 unspecified atom stereocenters. The van der Waals surface area contributed by atoms with Gasteiger partial charge in [0.05, 0.1) is 17.3 Å². The summed E-state index contributed by atoms with van der Waals surface area (Å²) in [6.45, 7) is 3.75. The second kappa shape index (κ2) is 12.9. The zero-order valence-electron chi connectivity index (χ0n) is 20.3. The van der Waals surface area contributed by atoms with E-state index < -0.39 is 18.4 Å². The molecule has 0 aliphatic carbocycles. The molecule has 3 rings (SSSR count). The number of hydrogen-bond donors (Lipinski definition) is 2. The van der Waals surface area contributed by atoms with Gasteiger partial charge in [0.25, 0.3) is 0 Å². The second-order valence-electron chi connectivity index (χ2n) is 8.17. The predicted octanol–water partition coefficient (Wildman–Crippen LogP) is 3.87. The molecular weight excluding hydrogens is 462 g/mol. The summed E-state index contributed by atoms with van der Waals surface area (Å²) in [6, 6.07) is 16.8. The largest absolute Gasteiger partial charge is 0.483 e. The van der Waals surface area contributed by atoms with E-state index >= 15 is 0 Å². The van der Waals surface area contributed by atoms with Crippen LogP contribution in [0.1, 0.15) is 32.3 Å². The normalized spacial score (nSPS) is 11.4. The summed E-state index contributed by atoms with van der Waals surface area (Å²) in [5.74, 6) is -0.848. The van der Waals surface area contributed by atoms with Crippen LogP contribution in [0.3, 0.4) is 0 Å². The lowest BCUT2D eigenvalue weighted by atomic mass is 10.0. The third-order valence-corrected chi connectivity index (χ3v) is 5.56. The van der Waals surface area contributed by atoms with Crippen molar-refractivity contribution >= 4 is 24.0 Å². The molecule has 0 saturated heterocycles. The van der Waals surface area contributed by atoms with Crippen molar-refractivity contribution in [1.29, 1.82) is 0 Å². The first-order chi connectivity index (χ1) is 17.5. The van der Waals surface area contributed by atoms with Gasteiger partial charge in [-0.25, -0.2) is 4.68 Å². The third-order valence-electron chi connectivity index (χ3n) is 5.56. The highest BCUT2D eigenvalue weighted by Gasteiger charge is 2.19. The molecule has 1 heterocycles. The molecule has 0 aliphatic rings. The first-order valence-corrected chi connectivity index (χ1v) is 11.8. The SMILES string of the molecule is CCCc1cccc(-c2cc(NC(=O)[C@H](CC)CNC=O)nn2-c2cccc(OCC(=O)N=O)c2)c1. The molecule has 10 heteroatoms. The Morgan fingerprint density at radius 2 is 1.94 bits per heavy atom. The highest BCUT2D eigenvalue weighted by atomic mass is 16.5. The van der Waals surface area contributed by atoms with Crippen molar-refractivity contribution in [3.63, 3.8) is 0 Å². The molecule has 3 aromatic rings. The molecule has 0 saturated carbocycles. The van der Waals surface area contributed by atoms with E-state index in [-0.39, 0.29) is 12.5 Å². The summed E-state index contributed by atoms with van der Waals surface area (Å²) in [5, 5.41) is 12.4. The standard InChI is InChI=1S/C26H29N5O5/c1-3-7-18-8-5-9-20(12-18)23-14-24(28-26(34)19(4-2)15-27-17-32)29-31(23)21-10-6-11-22(13-21)36-16-25(33)30-35/h5-6,8-14,17,19H,3-4,7,15-16H2,1-2H3,(H,27,32)(H,28,29,34)/t19-/m1/s1. The van der Waals surface area contributed by atoms with E-state index in [1.165, 1.54) is 5.56 Å². The van der Waals surface area contributed by atoms with Crippen LogP contribution in [0.25, 0.3) is 16.9 Å². The van der Waals surface area contributed by atoms with E-state index in [9.17, 15) is 19.3 Å². The minimum absolute atomic E-state index is 0.228. The predicted molar refractivity (Wildman–Crippen MR) is 136 cm³/mol. The van der Waals surface area contributed by atoms with E-state index in [0.717, 1.165) is 24.1 Å². The number of nitrogens with zero attached hydrogens (tertiary/aromatic N) is 3. The molecule has 0 radical (unpaired) electrons. The number of carbonyl (C=O) groups excluding carboxylic acids is 3. The monoisotopic (exact) mass is 491 g/mol. The summed E-state index contributed by atoms with van der Waals surface area (Å²) >= 11 is 0. The molecule has 10 nitrogen and oxygen atoms in total. The lowest BCUT2D eigenvalue weighted by Crippen LogP contribution is -2.31. The Hall–Kier alpha value is -4.34. The van der Waals surface area contributed by atoms with Crippen LogP contribution in [-0.2, 0) is 20.8 Å². The number of aryl methyl sites for hydroxylation is 1. The maximum absolute atomic E-state index is 12.8. The number of benzene rings is 2. The zero-order chi connectivity index (χ0) is 25.9. The fourth-order valence-electron chi connectivity index (χ4n) is 3.74. The van der Waals surface area contributed by atoms with Crippen LogP contribution in [0.15, 0.2) is 59.8 Å². The first-order valence-electron chi connectivity index (χ1n) is 11.8.